The monoisotopic (exact) mass is 321 g/mol. The lowest BCUT2D eigenvalue weighted by atomic mass is 10.1. The predicted molar refractivity (Wildman–Crippen MR) is 98.4 cm³/mol. The van der Waals surface area contributed by atoms with Crippen LogP contribution in [0.3, 0.4) is 0 Å². The molecule has 3 aromatic rings. The Morgan fingerprint density at radius 2 is 1.96 bits per heavy atom. The Balaban J connectivity index is 1.83. The maximum absolute atomic E-state index is 12.5. The first-order chi connectivity index (χ1) is 11.4. The molecule has 0 saturated heterocycles. The van der Waals surface area contributed by atoms with Crippen LogP contribution in [0.25, 0.3) is 10.9 Å². The third-order valence-electron chi connectivity index (χ3n) is 4.06. The van der Waals surface area contributed by atoms with Crippen molar-refractivity contribution in [2.75, 3.05) is 5.32 Å². The fourth-order valence-corrected chi connectivity index (χ4v) is 2.96. The molecule has 0 spiro atoms. The Kier molecular flexibility index (Phi) is 4.38. The highest BCUT2D eigenvalue weighted by Crippen LogP contribution is 2.22. The van der Waals surface area contributed by atoms with Gasteiger partial charge in [-0.3, -0.25) is 9.78 Å². The largest absolute Gasteiger partial charge is 0.347 e. The maximum Gasteiger partial charge on any atom is 0.257 e. The van der Waals surface area contributed by atoms with E-state index in [1.54, 1.807) is 0 Å². The molecule has 4 nitrogen and oxygen atoms in total. The number of pyridine rings is 1. The van der Waals surface area contributed by atoms with Crippen molar-refractivity contribution in [3.8, 4) is 0 Å². The average molecular weight is 321 g/mol. The van der Waals surface area contributed by atoms with Gasteiger partial charge in [0.1, 0.15) is 0 Å². The maximum atomic E-state index is 12.5. The first-order valence-corrected chi connectivity index (χ1v) is 8.28. The van der Waals surface area contributed by atoms with Gasteiger partial charge in [0.15, 0.2) is 0 Å². The van der Waals surface area contributed by atoms with Gasteiger partial charge in [-0.1, -0.05) is 13.8 Å². The molecule has 0 saturated carbocycles. The molecule has 2 aromatic heterocycles. The summed E-state index contributed by atoms with van der Waals surface area (Å²) in [7, 11) is 0. The van der Waals surface area contributed by atoms with Crippen LogP contribution in [0.5, 0.6) is 0 Å². The Bertz CT molecular complexity index is 893. The summed E-state index contributed by atoms with van der Waals surface area (Å²) in [5.74, 6) is 0.470. The van der Waals surface area contributed by atoms with Crippen LogP contribution in [0.15, 0.2) is 42.6 Å². The standard InChI is InChI=1S/C20H23N3O/c1-13(2)12-23-10-9-16-11-17(6-8-19(16)23)22-20(24)18-7-5-14(3)21-15(18)4/h5-11,13H,12H2,1-4H3,(H,22,24). The minimum Gasteiger partial charge on any atom is -0.347 e. The Labute approximate surface area is 142 Å². The number of benzene rings is 1. The van der Waals surface area contributed by atoms with Crippen molar-refractivity contribution in [2.24, 2.45) is 5.92 Å². The van der Waals surface area contributed by atoms with Crippen LogP contribution in [-0.4, -0.2) is 15.5 Å². The van der Waals surface area contributed by atoms with E-state index in [2.05, 4.69) is 47.0 Å². The summed E-state index contributed by atoms with van der Waals surface area (Å²) < 4.78 is 2.25. The van der Waals surface area contributed by atoms with Gasteiger partial charge in [0.05, 0.1) is 11.3 Å². The van der Waals surface area contributed by atoms with Crippen molar-refractivity contribution in [1.82, 2.24) is 9.55 Å². The second kappa shape index (κ2) is 6.48. The molecule has 0 unspecified atom stereocenters. The molecule has 0 aliphatic rings. The van der Waals surface area contributed by atoms with Gasteiger partial charge in [-0.25, -0.2) is 0 Å². The molecule has 0 aliphatic carbocycles. The van der Waals surface area contributed by atoms with E-state index in [0.29, 0.717) is 11.5 Å². The van der Waals surface area contributed by atoms with E-state index >= 15 is 0 Å². The van der Waals surface area contributed by atoms with Crippen LogP contribution in [0.4, 0.5) is 5.69 Å². The molecule has 3 rings (SSSR count). The highest BCUT2D eigenvalue weighted by Gasteiger charge is 2.11. The topological polar surface area (TPSA) is 46.9 Å². The number of fused-ring (bicyclic) bond motifs is 1. The molecule has 1 amide bonds. The lowest BCUT2D eigenvalue weighted by Gasteiger charge is -2.10. The Hall–Kier alpha value is -2.62. The molecule has 2 heterocycles. The number of nitrogens with zero attached hydrogens (tertiary/aromatic N) is 2. The Morgan fingerprint density at radius 3 is 2.67 bits per heavy atom. The molecule has 1 aromatic carbocycles. The van der Waals surface area contributed by atoms with Gasteiger partial charge in [-0.05, 0) is 56.2 Å². The van der Waals surface area contributed by atoms with Gasteiger partial charge in [0, 0.05) is 35.0 Å². The fourth-order valence-electron chi connectivity index (χ4n) is 2.96. The number of nitrogens with one attached hydrogen (secondary N) is 1. The minimum atomic E-state index is -0.124. The highest BCUT2D eigenvalue weighted by atomic mass is 16.1. The zero-order valence-corrected chi connectivity index (χ0v) is 14.6. The molecule has 0 radical (unpaired) electrons. The summed E-state index contributed by atoms with van der Waals surface area (Å²) in [6.07, 6.45) is 2.10. The number of hydrogen-bond donors (Lipinski definition) is 1. The van der Waals surface area contributed by atoms with Crippen molar-refractivity contribution in [1.29, 1.82) is 0 Å². The normalized spacial score (nSPS) is 11.2. The molecular weight excluding hydrogens is 298 g/mol. The van der Waals surface area contributed by atoms with E-state index in [1.807, 2.05) is 38.1 Å². The van der Waals surface area contributed by atoms with E-state index in [1.165, 1.54) is 5.52 Å². The third-order valence-corrected chi connectivity index (χ3v) is 4.06. The second-order valence-corrected chi connectivity index (χ2v) is 6.68. The molecule has 1 N–H and O–H groups in total. The number of aromatic nitrogens is 2. The molecule has 24 heavy (non-hydrogen) atoms. The van der Waals surface area contributed by atoms with Crippen LogP contribution >= 0.6 is 0 Å². The van der Waals surface area contributed by atoms with Crippen LogP contribution in [-0.2, 0) is 6.54 Å². The van der Waals surface area contributed by atoms with E-state index in [-0.39, 0.29) is 5.91 Å². The summed E-state index contributed by atoms with van der Waals surface area (Å²) in [5, 5.41) is 4.10. The van der Waals surface area contributed by atoms with Gasteiger partial charge in [0.25, 0.3) is 5.91 Å². The predicted octanol–water partition coefficient (Wildman–Crippen LogP) is 4.56. The van der Waals surface area contributed by atoms with Gasteiger partial charge < -0.3 is 9.88 Å². The van der Waals surface area contributed by atoms with Crippen LogP contribution < -0.4 is 5.32 Å². The summed E-state index contributed by atoms with van der Waals surface area (Å²) in [6.45, 7) is 9.18. The first-order valence-electron chi connectivity index (χ1n) is 8.28. The summed E-state index contributed by atoms with van der Waals surface area (Å²) in [5.41, 5.74) is 4.26. The van der Waals surface area contributed by atoms with Crippen molar-refractivity contribution in [2.45, 2.75) is 34.2 Å². The van der Waals surface area contributed by atoms with Crippen molar-refractivity contribution >= 4 is 22.5 Å². The minimum absolute atomic E-state index is 0.124. The highest BCUT2D eigenvalue weighted by molar-refractivity contribution is 6.05. The number of rotatable bonds is 4. The number of amides is 1. The Morgan fingerprint density at radius 1 is 1.17 bits per heavy atom. The first kappa shape index (κ1) is 16.2. The molecule has 124 valence electrons. The summed E-state index contributed by atoms with van der Waals surface area (Å²) in [4.78, 5) is 16.8. The molecule has 0 atom stereocenters. The zero-order chi connectivity index (χ0) is 17.3. The zero-order valence-electron chi connectivity index (χ0n) is 14.6. The number of carbonyl (C=O) groups is 1. The molecular formula is C20H23N3O. The fraction of sp³-hybridized carbons (Fsp3) is 0.300. The van der Waals surface area contributed by atoms with E-state index in [4.69, 9.17) is 0 Å². The molecule has 4 heteroatoms. The van der Waals surface area contributed by atoms with Crippen molar-refractivity contribution in [3.63, 3.8) is 0 Å². The SMILES string of the molecule is Cc1ccc(C(=O)Nc2ccc3c(ccn3CC(C)C)c2)c(C)n1. The van der Waals surface area contributed by atoms with Gasteiger partial charge in [-0.2, -0.15) is 0 Å². The van der Waals surface area contributed by atoms with Crippen LogP contribution in [0, 0.1) is 19.8 Å². The summed E-state index contributed by atoms with van der Waals surface area (Å²) in [6, 6.07) is 11.8. The average Bonchev–Trinajstić information content (AvgIpc) is 2.88. The van der Waals surface area contributed by atoms with Crippen LogP contribution in [0.2, 0.25) is 0 Å². The lowest BCUT2D eigenvalue weighted by molar-refractivity contribution is 0.102. The third kappa shape index (κ3) is 3.32. The molecule has 0 fully saturated rings. The van der Waals surface area contributed by atoms with Gasteiger partial charge >= 0.3 is 0 Å². The molecule has 0 aliphatic heterocycles. The number of anilines is 1. The van der Waals surface area contributed by atoms with Gasteiger partial charge in [0.2, 0.25) is 0 Å². The summed E-state index contributed by atoms with van der Waals surface area (Å²) >= 11 is 0. The van der Waals surface area contributed by atoms with Crippen molar-refractivity contribution < 1.29 is 4.79 Å². The van der Waals surface area contributed by atoms with Crippen molar-refractivity contribution in [3.05, 3.63) is 59.5 Å². The van der Waals surface area contributed by atoms with E-state index in [0.717, 1.165) is 29.0 Å². The van der Waals surface area contributed by atoms with Gasteiger partial charge in [-0.15, -0.1) is 0 Å². The lowest BCUT2D eigenvalue weighted by Crippen LogP contribution is -2.14. The number of carbonyl (C=O) groups excluding carboxylic acids is 1. The van der Waals surface area contributed by atoms with Crippen LogP contribution in [0.1, 0.15) is 35.6 Å². The molecule has 0 bridgehead atoms. The van der Waals surface area contributed by atoms with E-state index in [9.17, 15) is 4.79 Å². The number of hydrogen-bond acceptors (Lipinski definition) is 2. The number of aryl methyl sites for hydroxylation is 2. The smallest absolute Gasteiger partial charge is 0.257 e. The van der Waals surface area contributed by atoms with E-state index < -0.39 is 0 Å². The quantitative estimate of drug-likeness (QED) is 0.765. The second-order valence-electron chi connectivity index (χ2n) is 6.68.